The fourth-order valence-electron chi connectivity index (χ4n) is 2.18. The van der Waals surface area contributed by atoms with Crippen LogP contribution in [0, 0.1) is 6.92 Å². The number of aromatic nitrogens is 1. The topological polar surface area (TPSA) is 25.0 Å². The number of benzene rings is 2. The van der Waals surface area contributed by atoms with Gasteiger partial charge in [-0.2, -0.15) is 0 Å². The van der Waals surface area contributed by atoms with E-state index in [-0.39, 0.29) is 0 Å². The van der Waals surface area contributed by atoms with Crippen LogP contribution in [0.3, 0.4) is 0 Å². The summed E-state index contributed by atoms with van der Waals surface area (Å²) in [5, 5.41) is 1.26. The summed E-state index contributed by atoms with van der Waals surface area (Å²) in [4.78, 5) is 3.20. The molecule has 3 aromatic rings. The minimum atomic E-state index is 0.707. The third-order valence-corrected chi connectivity index (χ3v) is 3.30. The van der Waals surface area contributed by atoms with Gasteiger partial charge in [-0.15, -0.1) is 0 Å². The van der Waals surface area contributed by atoms with E-state index in [9.17, 15) is 0 Å². The maximum Gasteiger partial charge on any atom is 0.119 e. The van der Waals surface area contributed by atoms with Crippen molar-refractivity contribution >= 4 is 10.9 Å². The van der Waals surface area contributed by atoms with Crippen LogP contribution >= 0.6 is 0 Å². The fraction of sp³-hybridized carbons (Fsp3) is 0.176. The van der Waals surface area contributed by atoms with Crippen LogP contribution in [0.2, 0.25) is 0 Å². The van der Waals surface area contributed by atoms with E-state index in [0.29, 0.717) is 6.61 Å². The van der Waals surface area contributed by atoms with Crippen LogP contribution in [0.1, 0.15) is 11.1 Å². The summed E-state index contributed by atoms with van der Waals surface area (Å²) < 4.78 is 5.75. The number of H-pyrrole nitrogens is 1. The van der Waals surface area contributed by atoms with Crippen molar-refractivity contribution in [3.8, 4) is 5.75 Å². The molecule has 0 aliphatic heterocycles. The Hall–Kier alpha value is -2.22. The van der Waals surface area contributed by atoms with E-state index >= 15 is 0 Å². The van der Waals surface area contributed by atoms with Crippen LogP contribution in [-0.4, -0.2) is 11.6 Å². The second-order valence-corrected chi connectivity index (χ2v) is 4.81. The predicted molar refractivity (Wildman–Crippen MR) is 78.7 cm³/mol. The van der Waals surface area contributed by atoms with Gasteiger partial charge in [-0.3, -0.25) is 0 Å². The summed E-state index contributed by atoms with van der Waals surface area (Å²) >= 11 is 0. The third kappa shape index (κ3) is 2.79. The second-order valence-electron chi connectivity index (χ2n) is 4.81. The number of aryl methyl sites for hydroxylation is 1. The molecule has 19 heavy (non-hydrogen) atoms. The molecule has 2 aromatic carbocycles. The summed E-state index contributed by atoms with van der Waals surface area (Å²) in [6, 6.07) is 16.8. The largest absolute Gasteiger partial charge is 0.493 e. The van der Waals surface area contributed by atoms with Gasteiger partial charge in [0.25, 0.3) is 0 Å². The van der Waals surface area contributed by atoms with Crippen LogP contribution in [0.4, 0.5) is 0 Å². The molecule has 1 aromatic heterocycles. The molecule has 2 nitrogen and oxygen atoms in total. The molecule has 2 heteroatoms. The molecule has 0 spiro atoms. The maximum absolute atomic E-state index is 5.75. The van der Waals surface area contributed by atoms with E-state index in [1.807, 2.05) is 18.3 Å². The zero-order valence-corrected chi connectivity index (χ0v) is 11.0. The first kappa shape index (κ1) is 11.8. The van der Waals surface area contributed by atoms with Crippen molar-refractivity contribution in [3.63, 3.8) is 0 Å². The highest BCUT2D eigenvalue weighted by Gasteiger charge is 1.98. The van der Waals surface area contributed by atoms with Crippen LogP contribution in [0.15, 0.2) is 54.7 Å². The van der Waals surface area contributed by atoms with Gasteiger partial charge in [0.1, 0.15) is 5.75 Å². The van der Waals surface area contributed by atoms with Crippen LogP contribution in [0.25, 0.3) is 10.9 Å². The summed E-state index contributed by atoms with van der Waals surface area (Å²) in [6.45, 7) is 2.79. The molecule has 0 fully saturated rings. The lowest BCUT2D eigenvalue weighted by Gasteiger charge is -2.06. The number of aromatic amines is 1. The molecule has 0 aliphatic rings. The summed E-state index contributed by atoms with van der Waals surface area (Å²) in [5.74, 6) is 0.938. The van der Waals surface area contributed by atoms with Gasteiger partial charge >= 0.3 is 0 Å². The molecule has 0 atom stereocenters. The summed E-state index contributed by atoms with van der Waals surface area (Å²) in [6.07, 6.45) is 2.90. The Kier molecular flexibility index (Phi) is 3.23. The zero-order chi connectivity index (χ0) is 13.1. The summed E-state index contributed by atoms with van der Waals surface area (Å²) in [5.41, 5.74) is 3.74. The lowest BCUT2D eigenvalue weighted by molar-refractivity contribution is 0.322. The van der Waals surface area contributed by atoms with Crippen molar-refractivity contribution in [3.05, 3.63) is 65.9 Å². The number of hydrogen-bond acceptors (Lipinski definition) is 1. The van der Waals surface area contributed by atoms with Gasteiger partial charge in [0.2, 0.25) is 0 Å². The highest BCUT2D eigenvalue weighted by molar-refractivity contribution is 5.79. The first-order chi connectivity index (χ1) is 9.31. The molecular weight excluding hydrogens is 234 g/mol. The number of hydrogen-bond donors (Lipinski definition) is 1. The van der Waals surface area contributed by atoms with Crippen LogP contribution < -0.4 is 4.74 Å². The third-order valence-electron chi connectivity index (χ3n) is 3.30. The summed E-state index contributed by atoms with van der Waals surface area (Å²) in [7, 11) is 0. The van der Waals surface area contributed by atoms with Crippen molar-refractivity contribution in [1.29, 1.82) is 0 Å². The normalized spacial score (nSPS) is 10.8. The molecular formula is C17H17NO. The molecule has 1 N–H and O–H groups in total. The second kappa shape index (κ2) is 5.19. The molecule has 0 saturated carbocycles. The average Bonchev–Trinajstić information content (AvgIpc) is 2.88. The Morgan fingerprint density at radius 2 is 1.84 bits per heavy atom. The minimum Gasteiger partial charge on any atom is -0.493 e. The standard InChI is InChI=1S/C17H17NO/c1-13-2-5-16(6-3-13)19-11-9-14-4-7-17-15(12-14)8-10-18-17/h2-8,10,12,18H,9,11H2,1H3. The van der Waals surface area contributed by atoms with Gasteiger partial charge in [0.15, 0.2) is 0 Å². The van der Waals surface area contributed by atoms with Gasteiger partial charge in [-0.1, -0.05) is 23.8 Å². The number of nitrogens with one attached hydrogen (secondary N) is 1. The molecule has 0 saturated heterocycles. The molecule has 3 rings (SSSR count). The van der Waals surface area contributed by atoms with Gasteiger partial charge in [-0.25, -0.2) is 0 Å². The Morgan fingerprint density at radius 3 is 2.68 bits per heavy atom. The van der Waals surface area contributed by atoms with Gasteiger partial charge in [0.05, 0.1) is 6.61 Å². The first-order valence-corrected chi connectivity index (χ1v) is 6.57. The number of fused-ring (bicyclic) bond motifs is 1. The fourth-order valence-corrected chi connectivity index (χ4v) is 2.18. The lowest BCUT2D eigenvalue weighted by atomic mass is 10.1. The average molecular weight is 251 g/mol. The van der Waals surface area contributed by atoms with Crippen molar-refractivity contribution in [2.45, 2.75) is 13.3 Å². The van der Waals surface area contributed by atoms with Gasteiger partial charge < -0.3 is 9.72 Å². The quantitative estimate of drug-likeness (QED) is 0.742. The molecule has 1 heterocycles. The zero-order valence-electron chi connectivity index (χ0n) is 11.0. The van der Waals surface area contributed by atoms with Crippen LogP contribution in [-0.2, 0) is 6.42 Å². The Morgan fingerprint density at radius 1 is 1.00 bits per heavy atom. The number of ether oxygens (including phenoxy) is 1. The molecule has 96 valence electrons. The van der Waals surface area contributed by atoms with E-state index in [4.69, 9.17) is 4.74 Å². The first-order valence-electron chi connectivity index (χ1n) is 6.57. The Bertz CT molecular complexity index is 667. The lowest BCUT2D eigenvalue weighted by Crippen LogP contribution is -2.01. The van der Waals surface area contributed by atoms with E-state index in [2.05, 4.69) is 48.3 Å². The SMILES string of the molecule is Cc1ccc(OCCc2ccc3[nH]ccc3c2)cc1. The van der Waals surface area contributed by atoms with E-state index < -0.39 is 0 Å². The van der Waals surface area contributed by atoms with Crippen molar-refractivity contribution in [1.82, 2.24) is 4.98 Å². The maximum atomic E-state index is 5.75. The highest BCUT2D eigenvalue weighted by atomic mass is 16.5. The van der Waals surface area contributed by atoms with Crippen molar-refractivity contribution in [2.24, 2.45) is 0 Å². The number of rotatable bonds is 4. The molecule has 0 aliphatic carbocycles. The molecule has 0 bridgehead atoms. The Labute approximate surface area is 113 Å². The van der Waals surface area contributed by atoms with E-state index in [1.54, 1.807) is 0 Å². The monoisotopic (exact) mass is 251 g/mol. The highest BCUT2D eigenvalue weighted by Crippen LogP contribution is 2.16. The molecule has 0 radical (unpaired) electrons. The van der Waals surface area contributed by atoms with E-state index in [1.165, 1.54) is 22.0 Å². The van der Waals surface area contributed by atoms with Gasteiger partial charge in [0, 0.05) is 18.1 Å². The predicted octanol–water partition coefficient (Wildman–Crippen LogP) is 4.10. The molecule has 0 unspecified atom stereocenters. The smallest absolute Gasteiger partial charge is 0.119 e. The van der Waals surface area contributed by atoms with Gasteiger partial charge in [-0.05, 0) is 48.2 Å². The Balaban J connectivity index is 1.61. The van der Waals surface area contributed by atoms with E-state index in [0.717, 1.165) is 12.2 Å². The molecule has 0 amide bonds. The van der Waals surface area contributed by atoms with Crippen molar-refractivity contribution < 1.29 is 4.74 Å². The van der Waals surface area contributed by atoms with Crippen LogP contribution in [0.5, 0.6) is 5.75 Å². The van der Waals surface area contributed by atoms with Crippen molar-refractivity contribution in [2.75, 3.05) is 6.61 Å². The minimum absolute atomic E-state index is 0.707.